The summed E-state index contributed by atoms with van der Waals surface area (Å²) >= 11 is 1.63. The van der Waals surface area contributed by atoms with E-state index >= 15 is 0 Å². The molecule has 1 saturated heterocycles. The Labute approximate surface area is 193 Å². The van der Waals surface area contributed by atoms with Gasteiger partial charge in [-0.25, -0.2) is 4.99 Å². The largest absolute Gasteiger partial charge is 0.493 e. The summed E-state index contributed by atoms with van der Waals surface area (Å²) in [6.07, 6.45) is 2.33. The summed E-state index contributed by atoms with van der Waals surface area (Å²) in [6.45, 7) is 5.80. The molecule has 0 spiro atoms. The lowest BCUT2D eigenvalue weighted by molar-refractivity contribution is 0.0968. The van der Waals surface area contributed by atoms with Crippen molar-refractivity contribution in [2.45, 2.75) is 39.3 Å². The van der Waals surface area contributed by atoms with Crippen LogP contribution in [0.3, 0.4) is 0 Å². The number of aryl methyl sites for hydroxylation is 1. The summed E-state index contributed by atoms with van der Waals surface area (Å²) in [5, 5.41) is 2.14. The van der Waals surface area contributed by atoms with Crippen LogP contribution in [0, 0.1) is 13.8 Å². The van der Waals surface area contributed by atoms with E-state index < -0.39 is 0 Å². The molecule has 4 rings (SSSR count). The van der Waals surface area contributed by atoms with E-state index in [-0.39, 0.29) is 6.10 Å². The Morgan fingerprint density at radius 1 is 1.09 bits per heavy atom. The van der Waals surface area contributed by atoms with Gasteiger partial charge in [0.15, 0.2) is 16.3 Å². The molecule has 1 aliphatic rings. The van der Waals surface area contributed by atoms with E-state index in [9.17, 15) is 0 Å². The normalized spacial score (nSPS) is 16.4. The fraction of sp³-hybridized carbons (Fsp3) is 0.400. The van der Waals surface area contributed by atoms with Gasteiger partial charge in [-0.05, 0) is 56.0 Å². The van der Waals surface area contributed by atoms with Gasteiger partial charge in [0, 0.05) is 17.6 Å². The minimum Gasteiger partial charge on any atom is -0.493 e. The van der Waals surface area contributed by atoms with Crippen molar-refractivity contribution in [1.82, 2.24) is 4.57 Å². The molecule has 2 heterocycles. The number of rotatable bonds is 7. The van der Waals surface area contributed by atoms with E-state index in [1.165, 1.54) is 11.1 Å². The van der Waals surface area contributed by atoms with Crippen molar-refractivity contribution < 1.29 is 18.9 Å². The maximum atomic E-state index is 5.96. The standard InChI is InChI=1S/C25H30N2O4S/c1-16-8-6-10-20(17(16)2)26-25-27(14-19-9-7-11-31-19)21(15-32-25)18-12-22(28-3)24(30-5)23(13-18)29-4/h6,8,10,12-13,15,19H,7,9,11,14H2,1-5H3/t19-/m1/s1. The zero-order chi connectivity index (χ0) is 22.7. The fourth-order valence-corrected chi connectivity index (χ4v) is 4.94. The first-order valence-corrected chi connectivity index (χ1v) is 11.6. The van der Waals surface area contributed by atoms with Crippen molar-refractivity contribution in [3.8, 4) is 28.5 Å². The van der Waals surface area contributed by atoms with Crippen LogP contribution in [0.15, 0.2) is 40.7 Å². The number of benzene rings is 2. The first kappa shape index (κ1) is 22.4. The molecule has 0 amide bonds. The Bertz CT molecular complexity index is 1130. The van der Waals surface area contributed by atoms with Crippen molar-refractivity contribution in [2.24, 2.45) is 4.99 Å². The summed E-state index contributed by atoms with van der Waals surface area (Å²) in [5.74, 6) is 1.84. The van der Waals surface area contributed by atoms with Crippen LogP contribution in [0.2, 0.25) is 0 Å². The zero-order valence-corrected chi connectivity index (χ0v) is 20.1. The second kappa shape index (κ2) is 9.79. The van der Waals surface area contributed by atoms with Crippen molar-refractivity contribution in [3.05, 3.63) is 51.6 Å². The van der Waals surface area contributed by atoms with E-state index in [4.69, 9.17) is 23.9 Å². The maximum absolute atomic E-state index is 5.96. The van der Waals surface area contributed by atoms with Crippen molar-refractivity contribution in [2.75, 3.05) is 27.9 Å². The average Bonchev–Trinajstić information content (AvgIpc) is 3.46. The molecule has 0 radical (unpaired) electrons. The van der Waals surface area contributed by atoms with Crippen LogP contribution in [0.4, 0.5) is 5.69 Å². The summed E-state index contributed by atoms with van der Waals surface area (Å²) in [5.41, 5.74) is 5.45. The molecule has 32 heavy (non-hydrogen) atoms. The topological polar surface area (TPSA) is 54.2 Å². The zero-order valence-electron chi connectivity index (χ0n) is 19.3. The molecule has 0 bridgehead atoms. The molecule has 0 N–H and O–H groups in total. The molecule has 2 aromatic carbocycles. The molecule has 170 valence electrons. The highest BCUT2D eigenvalue weighted by Crippen LogP contribution is 2.41. The molecule has 0 aliphatic carbocycles. The van der Waals surface area contributed by atoms with Gasteiger partial charge in [-0.3, -0.25) is 0 Å². The number of aromatic nitrogens is 1. The van der Waals surface area contributed by atoms with Crippen LogP contribution in [-0.4, -0.2) is 38.6 Å². The minimum atomic E-state index is 0.183. The quantitative estimate of drug-likeness (QED) is 0.488. The van der Waals surface area contributed by atoms with Crippen LogP contribution in [0.1, 0.15) is 24.0 Å². The average molecular weight is 455 g/mol. The van der Waals surface area contributed by atoms with Crippen molar-refractivity contribution in [3.63, 3.8) is 0 Å². The molecule has 1 atom stereocenters. The second-order valence-electron chi connectivity index (χ2n) is 7.89. The smallest absolute Gasteiger partial charge is 0.203 e. The Morgan fingerprint density at radius 3 is 2.47 bits per heavy atom. The number of hydrogen-bond acceptors (Lipinski definition) is 6. The molecular formula is C25H30N2O4S. The lowest BCUT2D eigenvalue weighted by atomic mass is 10.1. The third kappa shape index (κ3) is 4.40. The Balaban J connectivity index is 1.88. The van der Waals surface area contributed by atoms with Gasteiger partial charge in [-0.1, -0.05) is 12.1 Å². The van der Waals surface area contributed by atoms with Crippen molar-refractivity contribution >= 4 is 17.0 Å². The molecule has 1 aromatic heterocycles. The third-order valence-corrected chi connectivity index (χ3v) is 6.82. The highest BCUT2D eigenvalue weighted by Gasteiger charge is 2.21. The van der Waals surface area contributed by atoms with Gasteiger partial charge in [0.05, 0.1) is 45.4 Å². The summed E-state index contributed by atoms with van der Waals surface area (Å²) in [7, 11) is 4.89. The van der Waals surface area contributed by atoms with E-state index in [1.54, 1.807) is 32.7 Å². The van der Waals surface area contributed by atoms with E-state index in [1.807, 2.05) is 12.1 Å². The van der Waals surface area contributed by atoms with E-state index in [0.29, 0.717) is 17.2 Å². The number of ether oxygens (including phenoxy) is 4. The number of nitrogens with zero attached hydrogens (tertiary/aromatic N) is 2. The number of hydrogen-bond donors (Lipinski definition) is 0. The summed E-state index contributed by atoms with van der Waals surface area (Å²) in [6, 6.07) is 10.2. The predicted molar refractivity (Wildman–Crippen MR) is 128 cm³/mol. The molecule has 0 unspecified atom stereocenters. The second-order valence-corrected chi connectivity index (χ2v) is 8.73. The number of methoxy groups -OCH3 is 3. The predicted octanol–water partition coefficient (Wildman–Crippen LogP) is 5.27. The van der Waals surface area contributed by atoms with E-state index in [2.05, 4.69) is 42.0 Å². The molecular weight excluding hydrogens is 424 g/mol. The fourth-order valence-electron chi connectivity index (χ4n) is 4.01. The monoisotopic (exact) mass is 454 g/mol. The Hall–Kier alpha value is -2.77. The van der Waals surface area contributed by atoms with Gasteiger partial charge in [-0.15, -0.1) is 11.3 Å². The molecule has 1 fully saturated rings. The summed E-state index contributed by atoms with van der Waals surface area (Å²) < 4.78 is 24.9. The van der Waals surface area contributed by atoms with Crippen LogP contribution >= 0.6 is 11.3 Å². The molecule has 1 aliphatic heterocycles. The first-order valence-electron chi connectivity index (χ1n) is 10.8. The molecule has 0 saturated carbocycles. The van der Waals surface area contributed by atoms with Gasteiger partial charge >= 0.3 is 0 Å². The van der Waals surface area contributed by atoms with Gasteiger partial charge in [0.1, 0.15) is 0 Å². The SMILES string of the molecule is COc1cc(-c2csc(=Nc3cccc(C)c3C)n2C[C@H]2CCCO2)cc(OC)c1OC. The summed E-state index contributed by atoms with van der Waals surface area (Å²) in [4.78, 5) is 5.99. The number of thiazole rings is 1. The van der Waals surface area contributed by atoms with Crippen molar-refractivity contribution in [1.29, 1.82) is 0 Å². The van der Waals surface area contributed by atoms with Crippen LogP contribution in [0.25, 0.3) is 11.3 Å². The highest BCUT2D eigenvalue weighted by atomic mass is 32.1. The lowest BCUT2D eigenvalue weighted by Gasteiger charge is -2.17. The van der Waals surface area contributed by atoms with Gasteiger partial charge in [-0.2, -0.15) is 0 Å². The van der Waals surface area contributed by atoms with Crippen LogP contribution < -0.4 is 19.0 Å². The van der Waals surface area contributed by atoms with Gasteiger partial charge < -0.3 is 23.5 Å². The molecule has 7 heteroatoms. The molecule has 3 aromatic rings. The first-order chi connectivity index (χ1) is 15.5. The van der Waals surface area contributed by atoms with Gasteiger partial charge in [0.25, 0.3) is 0 Å². The van der Waals surface area contributed by atoms with Crippen LogP contribution in [-0.2, 0) is 11.3 Å². The van der Waals surface area contributed by atoms with Gasteiger partial charge in [0.2, 0.25) is 5.75 Å². The van der Waals surface area contributed by atoms with E-state index in [0.717, 1.165) is 47.7 Å². The molecule has 6 nitrogen and oxygen atoms in total. The Kier molecular flexibility index (Phi) is 6.86. The van der Waals surface area contributed by atoms with Crippen LogP contribution in [0.5, 0.6) is 17.2 Å². The third-order valence-electron chi connectivity index (χ3n) is 5.96. The highest BCUT2D eigenvalue weighted by molar-refractivity contribution is 7.07. The minimum absolute atomic E-state index is 0.183. The Morgan fingerprint density at radius 2 is 1.84 bits per heavy atom. The lowest BCUT2D eigenvalue weighted by Crippen LogP contribution is -2.24. The maximum Gasteiger partial charge on any atom is 0.203 e.